The van der Waals surface area contributed by atoms with E-state index in [1.165, 1.54) is 0 Å². The van der Waals surface area contributed by atoms with E-state index in [0.717, 1.165) is 36.1 Å². The zero-order chi connectivity index (χ0) is 19.1. The second kappa shape index (κ2) is 6.78. The highest BCUT2D eigenvalue weighted by Crippen LogP contribution is 2.44. The predicted octanol–water partition coefficient (Wildman–Crippen LogP) is 3.76. The van der Waals surface area contributed by atoms with Gasteiger partial charge in [0.15, 0.2) is 0 Å². The van der Waals surface area contributed by atoms with Gasteiger partial charge in [0, 0.05) is 5.92 Å². The molecule has 3 aromatic rings. The number of ether oxygens (including phenoxy) is 1. The molecule has 0 unspecified atom stereocenters. The molecule has 0 radical (unpaired) electrons. The maximum Gasteiger partial charge on any atom is 0.233 e. The molecule has 142 valence electrons. The van der Waals surface area contributed by atoms with Gasteiger partial charge in [0.05, 0.1) is 19.2 Å². The van der Waals surface area contributed by atoms with Crippen LogP contribution >= 0.6 is 0 Å². The fourth-order valence-electron chi connectivity index (χ4n) is 4.04. The van der Waals surface area contributed by atoms with Gasteiger partial charge in [-0.1, -0.05) is 42.5 Å². The molecule has 2 aliphatic rings. The Balaban J connectivity index is 1.60. The molecular weight excluding hydrogens is 352 g/mol. The van der Waals surface area contributed by atoms with Crippen LogP contribution in [0.4, 0.5) is 5.95 Å². The summed E-state index contributed by atoms with van der Waals surface area (Å²) in [5.74, 6) is 1.74. The summed E-state index contributed by atoms with van der Waals surface area (Å²) in [4.78, 5) is 19.5. The molecule has 2 aromatic carbocycles. The largest absolute Gasteiger partial charge is 0.497 e. The third-order valence-corrected chi connectivity index (χ3v) is 5.67. The molecule has 5 rings (SSSR count). The Morgan fingerprint density at radius 2 is 1.71 bits per heavy atom. The van der Waals surface area contributed by atoms with Crippen molar-refractivity contribution >= 4 is 11.9 Å². The normalized spacial score (nSPS) is 21.2. The molecule has 0 saturated heterocycles. The lowest BCUT2D eigenvalue weighted by Gasteiger charge is -2.39. The summed E-state index contributed by atoms with van der Waals surface area (Å²) in [6.45, 7) is 0. The van der Waals surface area contributed by atoms with Gasteiger partial charge in [-0.2, -0.15) is 10.1 Å². The summed E-state index contributed by atoms with van der Waals surface area (Å²) in [6.07, 6.45) is 4.23. The van der Waals surface area contributed by atoms with Crippen molar-refractivity contribution in [3.8, 4) is 5.75 Å². The molecule has 6 heteroatoms. The number of carbonyl (C=O) groups is 1. The van der Waals surface area contributed by atoms with Crippen LogP contribution in [0, 0.1) is 5.92 Å². The summed E-state index contributed by atoms with van der Waals surface area (Å²) in [6, 6.07) is 18.2. The first-order valence-electron chi connectivity index (χ1n) is 9.67. The lowest BCUT2D eigenvalue weighted by molar-refractivity contribution is -0.120. The Bertz CT molecular complexity index is 979. The minimum Gasteiger partial charge on any atom is -0.497 e. The molecule has 2 atom stereocenters. The number of amides is 1. The van der Waals surface area contributed by atoms with E-state index in [0.29, 0.717) is 5.95 Å². The highest BCUT2D eigenvalue weighted by Gasteiger charge is 2.44. The maximum atomic E-state index is 13.2. The maximum absolute atomic E-state index is 13.2. The van der Waals surface area contributed by atoms with Gasteiger partial charge in [0.1, 0.15) is 12.1 Å². The highest BCUT2D eigenvalue weighted by molar-refractivity contribution is 5.96. The molecule has 1 aliphatic carbocycles. The van der Waals surface area contributed by atoms with E-state index >= 15 is 0 Å². The van der Waals surface area contributed by atoms with Crippen LogP contribution in [0.25, 0.3) is 0 Å². The standard InChI is InChI=1S/C22H22N4O2/c1-28-18-11-9-16(10-12-18)20-13-19(15-5-3-2-4-6-15)25(21(27)17-7-8-17)22-23-14-24-26(20)22/h2-6,9-12,14,17,19-20H,7-8,13H2,1H3/t19-,20+/m1/s1. The van der Waals surface area contributed by atoms with E-state index in [1.807, 2.05) is 39.9 Å². The Morgan fingerprint density at radius 3 is 2.39 bits per heavy atom. The second-order valence-corrected chi connectivity index (χ2v) is 7.44. The lowest BCUT2D eigenvalue weighted by atomic mass is 9.91. The van der Waals surface area contributed by atoms with Crippen molar-refractivity contribution in [2.24, 2.45) is 5.92 Å². The van der Waals surface area contributed by atoms with E-state index in [4.69, 9.17) is 4.74 Å². The van der Waals surface area contributed by atoms with Gasteiger partial charge in [-0.25, -0.2) is 4.68 Å². The smallest absolute Gasteiger partial charge is 0.233 e. The number of anilines is 1. The molecular formula is C22H22N4O2. The van der Waals surface area contributed by atoms with Crippen LogP contribution in [0.15, 0.2) is 60.9 Å². The van der Waals surface area contributed by atoms with Crippen LogP contribution < -0.4 is 9.64 Å². The van der Waals surface area contributed by atoms with Crippen molar-refractivity contribution in [1.29, 1.82) is 0 Å². The van der Waals surface area contributed by atoms with E-state index in [9.17, 15) is 4.79 Å². The van der Waals surface area contributed by atoms with Crippen LogP contribution in [0.5, 0.6) is 5.75 Å². The van der Waals surface area contributed by atoms with E-state index in [2.05, 4.69) is 34.3 Å². The van der Waals surface area contributed by atoms with Gasteiger partial charge in [-0.15, -0.1) is 0 Å². The summed E-state index contributed by atoms with van der Waals surface area (Å²) in [7, 11) is 1.66. The van der Waals surface area contributed by atoms with Gasteiger partial charge in [-0.05, 0) is 42.5 Å². The van der Waals surface area contributed by atoms with E-state index < -0.39 is 0 Å². The van der Waals surface area contributed by atoms with Crippen molar-refractivity contribution in [3.05, 3.63) is 72.1 Å². The van der Waals surface area contributed by atoms with Gasteiger partial charge in [0.2, 0.25) is 11.9 Å². The number of nitrogens with zero attached hydrogens (tertiary/aromatic N) is 4. The summed E-state index contributed by atoms with van der Waals surface area (Å²) in [5, 5.41) is 4.48. The molecule has 1 aromatic heterocycles. The van der Waals surface area contributed by atoms with Gasteiger partial charge in [0.25, 0.3) is 0 Å². The van der Waals surface area contributed by atoms with Crippen molar-refractivity contribution in [2.45, 2.75) is 31.3 Å². The number of carbonyl (C=O) groups excluding carboxylic acids is 1. The average Bonchev–Trinajstić information content (AvgIpc) is 3.49. The summed E-state index contributed by atoms with van der Waals surface area (Å²) >= 11 is 0. The number of methoxy groups -OCH3 is 1. The topological polar surface area (TPSA) is 60.2 Å². The monoisotopic (exact) mass is 374 g/mol. The zero-order valence-corrected chi connectivity index (χ0v) is 15.7. The van der Waals surface area contributed by atoms with Crippen molar-refractivity contribution in [3.63, 3.8) is 0 Å². The first-order valence-corrected chi connectivity index (χ1v) is 9.67. The third-order valence-electron chi connectivity index (χ3n) is 5.67. The first-order chi connectivity index (χ1) is 13.8. The molecule has 0 spiro atoms. The van der Waals surface area contributed by atoms with Crippen molar-refractivity contribution < 1.29 is 9.53 Å². The number of fused-ring (bicyclic) bond motifs is 1. The van der Waals surface area contributed by atoms with Crippen LogP contribution in [-0.2, 0) is 4.79 Å². The van der Waals surface area contributed by atoms with Crippen LogP contribution in [0.1, 0.15) is 42.5 Å². The quantitative estimate of drug-likeness (QED) is 0.698. The Hall–Kier alpha value is -3.15. The molecule has 6 nitrogen and oxygen atoms in total. The molecule has 0 N–H and O–H groups in total. The van der Waals surface area contributed by atoms with Crippen LogP contribution in [0.2, 0.25) is 0 Å². The van der Waals surface area contributed by atoms with Crippen molar-refractivity contribution in [1.82, 2.24) is 14.8 Å². The average molecular weight is 374 g/mol. The predicted molar refractivity (Wildman–Crippen MR) is 105 cm³/mol. The SMILES string of the molecule is COc1ccc([C@@H]2C[C@H](c3ccccc3)N(C(=O)C3CC3)c3ncnn32)cc1. The van der Waals surface area contributed by atoms with Gasteiger partial charge < -0.3 is 4.74 Å². The van der Waals surface area contributed by atoms with Crippen molar-refractivity contribution in [2.75, 3.05) is 12.0 Å². The van der Waals surface area contributed by atoms with Gasteiger partial charge in [-0.3, -0.25) is 9.69 Å². The van der Waals surface area contributed by atoms with E-state index in [-0.39, 0.29) is 23.9 Å². The fraction of sp³-hybridized carbons (Fsp3) is 0.318. The minimum absolute atomic E-state index is 0.0110. The van der Waals surface area contributed by atoms with Crippen LogP contribution in [-0.4, -0.2) is 27.8 Å². The molecule has 1 fully saturated rings. The molecule has 0 bridgehead atoms. The Morgan fingerprint density at radius 1 is 1.00 bits per heavy atom. The molecule has 28 heavy (non-hydrogen) atoms. The van der Waals surface area contributed by atoms with Gasteiger partial charge >= 0.3 is 0 Å². The summed E-state index contributed by atoms with van der Waals surface area (Å²) in [5.41, 5.74) is 2.26. The third kappa shape index (κ3) is 2.85. The number of hydrogen-bond acceptors (Lipinski definition) is 4. The number of benzene rings is 2. The molecule has 1 saturated carbocycles. The number of rotatable bonds is 4. The number of hydrogen-bond donors (Lipinski definition) is 0. The molecule has 2 heterocycles. The molecule has 1 aliphatic heterocycles. The summed E-state index contributed by atoms with van der Waals surface area (Å²) < 4.78 is 7.19. The highest BCUT2D eigenvalue weighted by atomic mass is 16.5. The molecule has 1 amide bonds. The Kier molecular flexibility index (Phi) is 4.11. The second-order valence-electron chi connectivity index (χ2n) is 7.44. The minimum atomic E-state index is -0.0573. The van der Waals surface area contributed by atoms with E-state index in [1.54, 1.807) is 13.4 Å². The number of aromatic nitrogens is 3. The zero-order valence-electron chi connectivity index (χ0n) is 15.7. The lowest BCUT2D eigenvalue weighted by Crippen LogP contribution is -2.43. The van der Waals surface area contributed by atoms with Crippen LogP contribution in [0.3, 0.4) is 0 Å². The Labute approximate surface area is 163 Å². The first kappa shape index (κ1) is 17.0. The fourth-order valence-corrected chi connectivity index (χ4v) is 4.04.